The summed E-state index contributed by atoms with van der Waals surface area (Å²) in [6, 6.07) is 12.9. The van der Waals surface area contributed by atoms with Crippen molar-refractivity contribution in [2.75, 3.05) is 0 Å². The Morgan fingerprint density at radius 2 is 1.16 bits per heavy atom. The minimum atomic E-state index is 0.440. The number of nitriles is 2. The van der Waals surface area contributed by atoms with Crippen molar-refractivity contribution < 1.29 is 9.47 Å². The number of benzene rings is 2. The van der Waals surface area contributed by atoms with Gasteiger partial charge in [0.05, 0.1) is 11.4 Å². The van der Waals surface area contributed by atoms with E-state index in [-0.39, 0.29) is 0 Å². The first-order valence-electron chi connectivity index (χ1n) is 7.63. The molecule has 0 N–H and O–H groups in total. The molecule has 0 saturated heterocycles. The molecule has 6 nitrogen and oxygen atoms in total. The van der Waals surface area contributed by atoms with Crippen LogP contribution in [-0.2, 0) is 0 Å². The van der Waals surface area contributed by atoms with E-state index in [1.54, 1.807) is 48.9 Å². The van der Waals surface area contributed by atoms with E-state index in [2.05, 4.69) is 16.0 Å². The maximum Gasteiger partial charge on any atom is 0.292 e. The summed E-state index contributed by atoms with van der Waals surface area (Å²) in [5.41, 5.74) is 2.79. The Morgan fingerprint density at radius 1 is 0.760 bits per heavy atom. The Bertz CT molecular complexity index is 800. The molecule has 2 aromatic carbocycles. The van der Waals surface area contributed by atoms with Gasteiger partial charge in [-0.15, -0.1) is 10.5 Å². The highest BCUT2D eigenvalue weighted by atomic mass is 16.5. The molecule has 0 aromatic heterocycles. The van der Waals surface area contributed by atoms with Crippen molar-refractivity contribution in [3.8, 4) is 24.0 Å². The molecule has 0 aliphatic heterocycles. The zero-order valence-electron chi connectivity index (χ0n) is 14.6. The Balaban J connectivity index is 0.00000151. The number of hydrogen-bond acceptors (Lipinski definition) is 6. The summed E-state index contributed by atoms with van der Waals surface area (Å²) in [5, 5.41) is 17.2. The summed E-state index contributed by atoms with van der Waals surface area (Å²) < 4.78 is 9.68. The number of nitrogens with zero attached hydrogens (tertiary/aromatic N) is 4. The zero-order valence-corrected chi connectivity index (χ0v) is 14.6. The van der Waals surface area contributed by atoms with Crippen LogP contribution in [0.2, 0.25) is 0 Å². The van der Waals surface area contributed by atoms with E-state index in [1.165, 1.54) is 0 Å². The van der Waals surface area contributed by atoms with Crippen molar-refractivity contribution in [2.45, 2.75) is 27.7 Å². The molecule has 126 valence electrons. The highest BCUT2D eigenvalue weighted by Gasteiger charge is 2.01. The second-order valence-electron chi connectivity index (χ2n) is 4.61. The summed E-state index contributed by atoms with van der Waals surface area (Å²) in [5.74, 6) is 0.881. The Labute approximate surface area is 147 Å². The van der Waals surface area contributed by atoms with Crippen molar-refractivity contribution in [3.05, 3.63) is 47.5 Å². The van der Waals surface area contributed by atoms with Gasteiger partial charge in [0.15, 0.2) is 0 Å². The summed E-state index contributed by atoms with van der Waals surface area (Å²) >= 11 is 0. The number of hydrogen-bond donors (Lipinski definition) is 0. The lowest BCUT2D eigenvalue weighted by Gasteiger charge is -2.01. The molecule has 0 fully saturated rings. The first-order chi connectivity index (χ1) is 12.1. The van der Waals surface area contributed by atoms with Gasteiger partial charge in [-0.3, -0.25) is 0 Å². The zero-order chi connectivity index (χ0) is 18.7. The van der Waals surface area contributed by atoms with Crippen LogP contribution in [-0.4, -0.2) is 6.01 Å². The van der Waals surface area contributed by atoms with E-state index in [1.807, 2.05) is 27.7 Å². The van der Waals surface area contributed by atoms with Crippen LogP contribution in [0.25, 0.3) is 0 Å². The summed E-state index contributed by atoms with van der Waals surface area (Å²) in [4.78, 5) is 8.14. The fourth-order valence-electron chi connectivity index (χ4n) is 1.78. The third-order valence-corrected chi connectivity index (χ3v) is 3.01. The normalized spacial score (nSPS) is 8.56. The molecule has 0 heterocycles. The Kier molecular flexibility index (Phi) is 7.95. The summed E-state index contributed by atoms with van der Waals surface area (Å²) in [6.07, 6.45) is 3.26. The molecule has 6 heteroatoms. The number of ether oxygens (including phenoxy) is 2. The third kappa shape index (κ3) is 5.84. The van der Waals surface area contributed by atoms with Gasteiger partial charge in [0, 0.05) is 12.1 Å². The SMILES string of the molecule is CC.Cc1ccc(N=C=Nc2ccc(C)c(OC#N)c2)cc1OC#N. The van der Waals surface area contributed by atoms with E-state index >= 15 is 0 Å². The van der Waals surface area contributed by atoms with Gasteiger partial charge in [-0.05, 0) is 37.1 Å². The molecule has 0 aliphatic rings. The van der Waals surface area contributed by atoms with Crippen LogP contribution in [0.4, 0.5) is 11.4 Å². The van der Waals surface area contributed by atoms with Gasteiger partial charge in [-0.1, -0.05) is 26.0 Å². The smallest absolute Gasteiger partial charge is 0.292 e. The third-order valence-electron chi connectivity index (χ3n) is 3.01. The maximum atomic E-state index is 8.58. The van der Waals surface area contributed by atoms with Gasteiger partial charge in [-0.2, -0.15) is 9.98 Å². The van der Waals surface area contributed by atoms with Crippen LogP contribution in [0.3, 0.4) is 0 Å². The van der Waals surface area contributed by atoms with Crippen LogP contribution < -0.4 is 9.47 Å². The molecule has 0 atom stereocenters. The molecule has 0 amide bonds. The van der Waals surface area contributed by atoms with Crippen LogP contribution >= 0.6 is 0 Å². The van der Waals surface area contributed by atoms with Crippen molar-refractivity contribution in [1.82, 2.24) is 0 Å². The first-order valence-corrected chi connectivity index (χ1v) is 7.63. The molecule has 0 bridgehead atoms. The fourth-order valence-corrected chi connectivity index (χ4v) is 1.78. The van der Waals surface area contributed by atoms with E-state index in [0.717, 1.165) is 11.1 Å². The molecule has 25 heavy (non-hydrogen) atoms. The van der Waals surface area contributed by atoms with E-state index in [4.69, 9.17) is 20.0 Å². The van der Waals surface area contributed by atoms with Crippen molar-refractivity contribution >= 4 is 17.4 Å². The average molecular weight is 334 g/mol. The van der Waals surface area contributed by atoms with Crippen LogP contribution in [0.1, 0.15) is 25.0 Å². The number of rotatable bonds is 4. The van der Waals surface area contributed by atoms with Gasteiger partial charge in [0.2, 0.25) is 0 Å². The molecule has 0 aliphatic carbocycles. The Morgan fingerprint density at radius 3 is 1.52 bits per heavy atom. The second kappa shape index (κ2) is 10.2. The van der Waals surface area contributed by atoms with E-state index in [0.29, 0.717) is 22.9 Å². The second-order valence-corrected chi connectivity index (χ2v) is 4.61. The molecular formula is C19H18N4O2. The number of aliphatic imine (C=N–C) groups is 2. The number of aryl methyl sites for hydroxylation is 2. The van der Waals surface area contributed by atoms with Crippen molar-refractivity contribution in [2.24, 2.45) is 9.98 Å². The molecule has 0 saturated carbocycles. The minimum Gasteiger partial charge on any atom is -0.388 e. The van der Waals surface area contributed by atoms with Gasteiger partial charge in [0.1, 0.15) is 17.5 Å². The largest absolute Gasteiger partial charge is 0.388 e. The van der Waals surface area contributed by atoms with Gasteiger partial charge in [-0.25, -0.2) is 0 Å². The van der Waals surface area contributed by atoms with Gasteiger partial charge in [0.25, 0.3) is 12.5 Å². The topological polar surface area (TPSA) is 90.8 Å². The Hall–Kier alpha value is -3.60. The average Bonchev–Trinajstić information content (AvgIpc) is 2.62. The molecule has 2 rings (SSSR count). The van der Waals surface area contributed by atoms with E-state index < -0.39 is 0 Å². The first kappa shape index (κ1) is 19.4. The lowest BCUT2D eigenvalue weighted by atomic mass is 10.2. The quantitative estimate of drug-likeness (QED) is 0.568. The van der Waals surface area contributed by atoms with Crippen molar-refractivity contribution in [3.63, 3.8) is 0 Å². The van der Waals surface area contributed by atoms with Crippen LogP contribution in [0.15, 0.2) is 46.4 Å². The minimum absolute atomic E-state index is 0.440. The molecule has 0 radical (unpaired) electrons. The fraction of sp³-hybridized carbons (Fsp3) is 0.211. The molecule has 0 spiro atoms. The predicted octanol–water partition coefficient (Wildman–Crippen LogP) is 5.19. The van der Waals surface area contributed by atoms with Crippen molar-refractivity contribution in [1.29, 1.82) is 10.5 Å². The lowest BCUT2D eigenvalue weighted by molar-refractivity contribution is 0.503. The summed E-state index contributed by atoms with van der Waals surface area (Å²) in [6.45, 7) is 7.66. The predicted molar refractivity (Wildman–Crippen MR) is 95.4 cm³/mol. The highest BCUT2D eigenvalue weighted by Crippen LogP contribution is 2.25. The van der Waals surface area contributed by atoms with Gasteiger partial charge < -0.3 is 9.47 Å². The van der Waals surface area contributed by atoms with Gasteiger partial charge >= 0.3 is 0 Å². The lowest BCUT2D eigenvalue weighted by Crippen LogP contribution is -1.85. The van der Waals surface area contributed by atoms with Crippen LogP contribution in [0.5, 0.6) is 11.5 Å². The van der Waals surface area contributed by atoms with E-state index in [9.17, 15) is 0 Å². The molecular weight excluding hydrogens is 316 g/mol. The standard InChI is InChI=1S/C17H12N4O2.C2H6/c1-12-3-5-14(7-16(12)22-9-18)20-11-21-15-6-4-13(2)17(8-15)23-10-19;1-2/h3-8H,1-2H3;1-2H3. The monoisotopic (exact) mass is 334 g/mol. The van der Waals surface area contributed by atoms with Crippen LogP contribution in [0, 0.1) is 36.9 Å². The summed E-state index contributed by atoms with van der Waals surface area (Å²) in [7, 11) is 0. The molecule has 0 unspecified atom stereocenters. The highest BCUT2D eigenvalue weighted by molar-refractivity contribution is 5.60. The maximum absolute atomic E-state index is 8.58. The molecule has 2 aromatic rings.